The third-order valence-electron chi connectivity index (χ3n) is 4.34. The van der Waals surface area contributed by atoms with Gasteiger partial charge in [0.2, 0.25) is 0 Å². The van der Waals surface area contributed by atoms with E-state index in [0.29, 0.717) is 13.2 Å². The van der Waals surface area contributed by atoms with E-state index in [1.165, 1.54) is 25.7 Å². The molecule has 2 rings (SSSR count). The van der Waals surface area contributed by atoms with E-state index in [1.807, 2.05) is 25.1 Å². The molecule has 138 valence electrons. The molecule has 0 saturated heterocycles. The van der Waals surface area contributed by atoms with Crippen molar-refractivity contribution >= 4 is 5.96 Å². The predicted molar refractivity (Wildman–Crippen MR) is 104 cm³/mol. The van der Waals surface area contributed by atoms with Gasteiger partial charge in [-0.2, -0.15) is 0 Å². The van der Waals surface area contributed by atoms with Crippen LogP contribution in [0.3, 0.4) is 0 Å². The van der Waals surface area contributed by atoms with Crippen LogP contribution in [-0.2, 0) is 6.54 Å². The smallest absolute Gasteiger partial charge is 0.191 e. The number of ether oxygens (including phenoxy) is 2. The molecule has 1 aromatic carbocycles. The molecule has 0 spiro atoms. The minimum atomic E-state index is 0.626. The standard InChI is InChI=1S/C20H31N3O2/c1-4-25-18-11-10-17(14-19(18)24-3)15-23-20(21-2)22-13-12-16-8-6-5-7-9-16/h8,10-11,14H,4-7,9,12-13,15H2,1-3H3,(H2,21,22,23). The quantitative estimate of drug-likeness (QED) is 0.429. The molecular formula is C20H31N3O2. The Bertz CT molecular complexity index is 597. The maximum Gasteiger partial charge on any atom is 0.191 e. The molecule has 1 aromatic rings. The highest BCUT2D eigenvalue weighted by Crippen LogP contribution is 2.27. The number of nitrogens with zero attached hydrogens (tertiary/aromatic N) is 1. The number of rotatable bonds is 8. The fourth-order valence-electron chi connectivity index (χ4n) is 2.98. The van der Waals surface area contributed by atoms with Gasteiger partial charge in [0.05, 0.1) is 13.7 Å². The molecule has 0 aromatic heterocycles. The SMILES string of the molecule is CCOc1ccc(CNC(=NC)NCCC2=CCCCC2)cc1OC. The predicted octanol–water partition coefficient (Wildman–Crippen LogP) is 3.65. The number of hydrogen-bond acceptors (Lipinski definition) is 3. The van der Waals surface area contributed by atoms with Crippen LogP contribution < -0.4 is 20.1 Å². The van der Waals surface area contributed by atoms with E-state index in [9.17, 15) is 0 Å². The van der Waals surface area contributed by atoms with Crippen molar-refractivity contribution in [3.05, 3.63) is 35.4 Å². The molecule has 0 atom stereocenters. The molecule has 1 aliphatic carbocycles. The molecule has 0 heterocycles. The van der Waals surface area contributed by atoms with Gasteiger partial charge in [0, 0.05) is 20.1 Å². The van der Waals surface area contributed by atoms with Crippen LogP contribution in [0.25, 0.3) is 0 Å². The normalized spacial score (nSPS) is 14.7. The number of guanidine groups is 1. The van der Waals surface area contributed by atoms with Gasteiger partial charge in [0.15, 0.2) is 17.5 Å². The number of methoxy groups -OCH3 is 1. The first-order valence-electron chi connectivity index (χ1n) is 9.19. The molecule has 5 heteroatoms. The second-order valence-corrected chi connectivity index (χ2v) is 6.13. The molecule has 0 bridgehead atoms. The Morgan fingerprint density at radius 3 is 2.76 bits per heavy atom. The van der Waals surface area contributed by atoms with Crippen LogP contribution in [0.2, 0.25) is 0 Å². The van der Waals surface area contributed by atoms with Gasteiger partial charge < -0.3 is 20.1 Å². The molecule has 25 heavy (non-hydrogen) atoms. The van der Waals surface area contributed by atoms with Crippen LogP contribution in [0.4, 0.5) is 0 Å². The average molecular weight is 345 g/mol. The Hall–Kier alpha value is -2.17. The summed E-state index contributed by atoms with van der Waals surface area (Å²) < 4.78 is 11.0. The van der Waals surface area contributed by atoms with Crippen LogP contribution in [-0.4, -0.2) is 33.3 Å². The average Bonchev–Trinajstić information content (AvgIpc) is 2.66. The second kappa shape index (κ2) is 10.6. The van der Waals surface area contributed by atoms with Crippen molar-refractivity contribution in [3.63, 3.8) is 0 Å². The lowest BCUT2D eigenvalue weighted by Crippen LogP contribution is -2.37. The summed E-state index contributed by atoms with van der Waals surface area (Å²) in [6.07, 6.45) is 8.65. The van der Waals surface area contributed by atoms with Gasteiger partial charge in [-0.3, -0.25) is 4.99 Å². The minimum Gasteiger partial charge on any atom is -0.493 e. The Kier molecular flexibility index (Phi) is 8.16. The van der Waals surface area contributed by atoms with E-state index in [-0.39, 0.29) is 0 Å². The number of aliphatic imine (C=N–C) groups is 1. The lowest BCUT2D eigenvalue weighted by Gasteiger charge is -2.16. The molecule has 0 fully saturated rings. The molecular weight excluding hydrogens is 314 g/mol. The van der Waals surface area contributed by atoms with Gasteiger partial charge in [0.25, 0.3) is 0 Å². The first-order valence-corrected chi connectivity index (χ1v) is 9.19. The lowest BCUT2D eigenvalue weighted by molar-refractivity contribution is 0.310. The van der Waals surface area contributed by atoms with Gasteiger partial charge in [-0.15, -0.1) is 0 Å². The first kappa shape index (κ1) is 19.2. The topological polar surface area (TPSA) is 54.9 Å². The zero-order valence-electron chi connectivity index (χ0n) is 15.7. The highest BCUT2D eigenvalue weighted by Gasteiger charge is 2.07. The van der Waals surface area contributed by atoms with Gasteiger partial charge in [-0.25, -0.2) is 0 Å². The summed E-state index contributed by atoms with van der Waals surface area (Å²) in [5.74, 6) is 2.36. The summed E-state index contributed by atoms with van der Waals surface area (Å²) in [5, 5.41) is 6.74. The summed E-state index contributed by atoms with van der Waals surface area (Å²) in [6.45, 7) is 4.19. The lowest BCUT2D eigenvalue weighted by atomic mass is 9.97. The highest BCUT2D eigenvalue weighted by atomic mass is 16.5. The van der Waals surface area contributed by atoms with E-state index in [4.69, 9.17) is 9.47 Å². The van der Waals surface area contributed by atoms with Crippen molar-refractivity contribution in [2.75, 3.05) is 27.3 Å². The van der Waals surface area contributed by atoms with Crippen molar-refractivity contribution in [2.24, 2.45) is 4.99 Å². The number of nitrogens with one attached hydrogen (secondary N) is 2. The largest absolute Gasteiger partial charge is 0.493 e. The van der Waals surface area contributed by atoms with Crippen LogP contribution >= 0.6 is 0 Å². The molecule has 0 radical (unpaired) electrons. The van der Waals surface area contributed by atoms with Crippen LogP contribution in [0.15, 0.2) is 34.8 Å². The minimum absolute atomic E-state index is 0.626. The van der Waals surface area contributed by atoms with E-state index < -0.39 is 0 Å². The molecule has 2 N–H and O–H groups in total. The number of benzene rings is 1. The van der Waals surface area contributed by atoms with Gasteiger partial charge in [-0.1, -0.05) is 17.7 Å². The van der Waals surface area contributed by atoms with Gasteiger partial charge >= 0.3 is 0 Å². The van der Waals surface area contributed by atoms with Crippen molar-refractivity contribution in [3.8, 4) is 11.5 Å². The first-order chi connectivity index (χ1) is 12.3. The highest BCUT2D eigenvalue weighted by molar-refractivity contribution is 5.79. The molecule has 1 aliphatic rings. The molecule has 0 unspecified atom stereocenters. The fraction of sp³-hybridized carbons (Fsp3) is 0.550. The van der Waals surface area contributed by atoms with Crippen molar-refractivity contribution < 1.29 is 9.47 Å². The monoisotopic (exact) mass is 345 g/mol. The third kappa shape index (κ3) is 6.33. The Morgan fingerprint density at radius 2 is 2.08 bits per heavy atom. The molecule has 5 nitrogen and oxygen atoms in total. The summed E-state index contributed by atoms with van der Waals surface area (Å²) in [7, 11) is 3.46. The van der Waals surface area contributed by atoms with E-state index in [0.717, 1.165) is 36.0 Å². The van der Waals surface area contributed by atoms with Gasteiger partial charge in [0.1, 0.15) is 0 Å². The van der Waals surface area contributed by atoms with Crippen LogP contribution in [0.5, 0.6) is 11.5 Å². The second-order valence-electron chi connectivity index (χ2n) is 6.13. The van der Waals surface area contributed by atoms with Crippen molar-refractivity contribution in [1.29, 1.82) is 0 Å². The van der Waals surface area contributed by atoms with Crippen molar-refractivity contribution in [2.45, 2.75) is 45.6 Å². The van der Waals surface area contributed by atoms with Crippen molar-refractivity contribution in [1.82, 2.24) is 10.6 Å². The zero-order chi connectivity index (χ0) is 17.9. The molecule has 0 saturated carbocycles. The number of hydrogen-bond donors (Lipinski definition) is 2. The van der Waals surface area contributed by atoms with Crippen LogP contribution in [0.1, 0.15) is 44.6 Å². The number of allylic oxidation sites excluding steroid dienone is 1. The molecule has 0 aliphatic heterocycles. The summed E-state index contributed by atoms with van der Waals surface area (Å²) in [6, 6.07) is 5.99. The van der Waals surface area contributed by atoms with E-state index in [1.54, 1.807) is 19.7 Å². The third-order valence-corrected chi connectivity index (χ3v) is 4.34. The van der Waals surface area contributed by atoms with Crippen LogP contribution in [0, 0.1) is 0 Å². The van der Waals surface area contributed by atoms with Gasteiger partial charge in [-0.05, 0) is 56.7 Å². The summed E-state index contributed by atoms with van der Waals surface area (Å²) in [5.41, 5.74) is 2.70. The zero-order valence-corrected chi connectivity index (χ0v) is 15.7. The summed E-state index contributed by atoms with van der Waals surface area (Å²) >= 11 is 0. The Labute approximate surface area is 151 Å². The maximum absolute atomic E-state index is 5.55. The van der Waals surface area contributed by atoms with E-state index >= 15 is 0 Å². The van der Waals surface area contributed by atoms with E-state index in [2.05, 4.69) is 21.7 Å². The maximum atomic E-state index is 5.55. The Balaban J connectivity index is 1.80. The Morgan fingerprint density at radius 1 is 1.20 bits per heavy atom. The summed E-state index contributed by atoms with van der Waals surface area (Å²) in [4.78, 5) is 4.29. The fourth-order valence-corrected chi connectivity index (χ4v) is 2.98. The molecule has 0 amide bonds.